The molecular weight excluding hydrogens is 379 g/mol. The van der Waals surface area contributed by atoms with Crippen LogP contribution in [0.25, 0.3) is 5.69 Å². The number of piperazine rings is 1. The second-order valence-corrected chi connectivity index (χ2v) is 8.07. The van der Waals surface area contributed by atoms with Gasteiger partial charge in [-0.3, -0.25) is 9.80 Å². The van der Waals surface area contributed by atoms with Gasteiger partial charge >= 0.3 is 0 Å². The summed E-state index contributed by atoms with van der Waals surface area (Å²) in [5.74, 6) is -0.246. The van der Waals surface area contributed by atoms with Crippen LogP contribution in [-0.2, 0) is 13.1 Å². The Labute approximate surface area is 177 Å². The van der Waals surface area contributed by atoms with Crippen molar-refractivity contribution in [3.8, 4) is 5.69 Å². The summed E-state index contributed by atoms with van der Waals surface area (Å²) >= 11 is 0. The Bertz CT molecular complexity index is 956. The first-order valence-electron chi connectivity index (χ1n) is 10.5. The lowest BCUT2D eigenvalue weighted by Gasteiger charge is -2.41. The molecule has 0 aliphatic carbocycles. The van der Waals surface area contributed by atoms with Gasteiger partial charge in [0.05, 0.1) is 11.9 Å². The Hall–Kier alpha value is -2.54. The maximum atomic E-state index is 13.1. The van der Waals surface area contributed by atoms with Crippen molar-refractivity contribution >= 4 is 0 Å². The number of aromatic nitrogens is 2. The van der Waals surface area contributed by atoms with Crippen LogP contribution in [0.1, 0.15) is 23.1 Å². The number of rotatable bonds is 7. The zero-order valence-corrected chi connectivity index (χ0v) is 17.4. The van der Waals surface area contributed by atoms with Gasteiger partial charge in [-0.1, -0.05) is 24.3 Å². The Morgan fingerprint density at radius 1 is 1.07 bits per heavy atom. The number of nitrogens with zero attached hydrogens (tertiary/aromatic N) is 4. The molecule has 1 N–H and O–H groups in total. The standard InChI is InChI=1S/C24H29FN4O/c1-19-4-2-3-5-21(19)17-28-12-11-27(18-24(28)10-13-30)15-20-14-26-29(16-20)23-8-6-22(25)7-9-23/h2-9,14,16,24,30H,10-13,15,17-18H2,1H3/t24-/m0/s1. The topological polar surface area (TPSA) is 44.5 Å². The number of aliphatic hydroxyl groups is 1. The van der Waals surface area contributed by atoms with Crippen molar-refractivity contribution in [1.82, 2.24) is 19.6 Å². The monoisotopic (exact) mass is 408 g/mol. The number of aryl methyl sites for hydroxylation is 1. The molecule has 5 nitrogen and oxygen atoms in total. The summed E-state index contributed by atoms with van der Waals surface area (Å²) in [5, 5.41) is 14.0. The van der Waals surface area contributed by atoms with Crippen molar-refractivity contribution in [3.05, 3.63) is 83.4 Å². The van der Waals surface area contributed by atoms with E-state index in [1.165, 1.54) is 23.3 Å². The molecule has 0 amide bonds. The molecule has 2 aromatic carbocycles. The summed E-state index contributed by atoms with van der Waals surface area (Å²) in [6, 6.07) is 15.2. The second kappa shape index (κ2) is 9.51. The molecule has 1 aliphatic rings. The van der Waals surface area contributed by atoms with Crippen LogP contribution in [0.15, 0.2) is 60.9 Å². The molecule has 1 atom stereocenters. The summed E-state index contributed by atoms with van der Waals surface area (Å²) in [6.07, 6.45) is 4.66. The van der Waals surface area contributed by atoms with E-state index < -0.39 is 0 Å². The fraction of sp³-hybridized carbons (Fsp3) is 0.375. The SMILES string of the molecule is Cc1ccccc1CN1CCN(Cc2cnn(-c3ccc(F)cc3)c2)C[C@@H]1CCO. The average molecular weight is 409 g/mol. The molecular formula is C24H29FN4O. The quantitative estimate of drug-likeness (QED) is 0.651. The molecule has 0 saturated carbocycles. The van der Waals surface area contributed by atoms with Gasteiger partial charge in [-0.2, -0.15) is 5.10 Å². The van der Waals surface area contributed by atoms with Gasteiger partial charge < -0.3 is 5.11 Å². The third-order valence-corrected chi connectivity index (χ3v) is 5.92. The Morgan fingerprint density at radius 3 is 2.63 bits per heavy atom. The van der Waals surface area contributed by atoms with E-state index in [1.54, 1.807) is 16.8 Å². The molecule has 1 fully saturated rings. The van der Waals surface area contributed by atoms with E-state index in [1.807, 2.05) is 12.4 Å². The maximum absolute atomic E-state index is 13.1. The highest BCUT2D eigenvalue weighted by atomic mass is 19.1. The molecule has 0 bridgehead atoms. The average Bonchev–Trinajstić information content (AvgIpc) is 3.20. The minimum atomic E-state index is -0.246. The van der Waals surface area contributed by atoms with Crippen LogP contribution in [0.3, 0.4) is 0 Å². The zero-order valence-electron chi connectivity index (χ0n) is 17.4. The maximum Gasteiger partial charge on any atom is 0.123 e. The van der Waals surface area contributed by atoms with Gasteiger partial charge in [0.2, 0.25) is 0 Å². The molecule has 3 aromatic rings. The van der Waals surface area contributed by atoms with E-state index in [0.29, 0.717) is 6.04 Å². The van der Waals surface area contributed by atoms with E-state index in [4.69, 9.17) is 0 Å². The third kappa shape index (κ3) is 4.95. The molecule has 1 aliphatic heterocycles. The summed E-state index contributed by atoms with van der Waals surface area (Å²) < 4.78 is 14.9. The molecule has 158 valence electrons. The van der Waals surface area contributed by atoms with Gasteiger partial charge in [0, 0.05) is 57.1 Å². The minimum absolute atomic E-state index is 0.200. The first kappa shape index (κ1) is 20.7. The van der Waals surface area contributed by atoms with Crippen molar-refractivity contribution in [2.24, 2.45) is 0 Å². The molecule has 2 heterocycles. The van der Waals surface area contributed by atoms with Crippen LogP contribution >= 0.6 is 0 Å². The van der Waals surface area contributed by atoms with Crippen molar-refractivity contribution in [3.63, 3.8) is 0 Å². The van der Waals surface area contributed by atoms with Crippen LogP contribution < -0.4 is 0 Å². The van der Waals surface area contributed by atoms with Gasteiger partial charge in [-0.15, -0.1) is 0 Å². The number of benzene rings is 2. The highest BCUT2D eigenvalue weighted by Gasteiger charge is 2.27. The molecule has 0 radical (unpaired) electrons. The van der Waals surface area contributed by atoms with Gasteiger partial charge in [0.1, 0.15) is 5.82 Å². The first-order valence-corrected chi connectivity index (χ1v) is 10.5. The fourth-order valence-corrected chi connectivity index (χ4v) is 4.17. The lowest BCUT2D eigenvalue weighted by Crippen LogP contribution is -2.52. The Morgan fingerprint density at radius 2 is 1.87 bits per heavy atom. The molecule has 1 aromatic heterocycles. The van der Waals surface area contributed by atoms with Gasteiger partial charge in [-0.25, -0.2) is 9.07 Å². The smallest absolute Gasteiger partial charge is 0.123 e. The van der Waals surface area contributed by atoms with Crippen molar-refractivity contribution in [1.29, 1.82) is 0 Å². The van der Waals surface area contributed by atoms with E-state index >= 15 is 0 Å². The number of hydrogen-bond acceptors (Lipinski definition) is 4. The highest BCUT2D eigenvalue weighted by Crippen LogP contribution is 2.20. The lowest BCUT2D eigenvalue weighted by atomic mass is 10.0. The predicted molar refractivity (Wildman–Crippen MR) is 116 cm³/mol. The predicted octanol–water partition coefficient (Wildman–Crippen LogP) is 3.39. The van der Waals surface area contributed by atoms with E-state index in [0.717, 1.165) is 50.4 Å². The van der Waals surface area contributed by atoms with E-state index in [9.17, 15) is 9.50 Å². The molecule has 0 unspecified atom stereocenters. The summed E-state index contributed by atoms with van der Waals surface area (Å²) in [7, 11) is 0. The largest absolute Gasteiger partial charge is 0.396 e. The highest BCUT2D eigenvalue weighted by molar-refractivity contribution is 5.31. The van der Waals surface area contributed by atoms with Crippen LogP contribution in [0.2, 0.25) is 0 Å². The molecule has 0 spiro atoms. The van der Waals surface area contributed by atoms with Crippen LogP contribution in [-0.4, -0.2) is 57.0 Å². The van der Waals surface area contributed by atoms with E-state index in [-0.39, 0.29) is 12.4 Å². The summed E-state index contributed by atoms with van der Waals surface area (Å²) in [4.78, 5) is 4.93. The van der Waals surface area contributed by atoms with Crippen LogP contribution in [0, 0.1) is 12.7 Å². The normalized spacial score (nSPS) is 18.0. The number of halogens is 1. The van der Waals surface area contributed by atoms with E-state index in [2.05, 4.69) is 46.1 Å². The lowest BCUT2D eigenvalue weighted by molar-refractivity contribution is 0.0498. The van der Waals surface area contributed by atoms with Gasteiger partial charge in [0.25, 0.3) is 0 Å². The fourth-order valence-electron chi connectivity index (χ4n) is 4.17. The number of hydrogen-bond donors (Lipinski definition) is 1. The molecule has 4 rings (SSSR count). The van der Waals surface area contributed by atoms with Crippen molar-refractivity contribution < 1.29 is 9.50 Å². The van der Waals surface area contributed by atoms with Crippen LogP contribution in [0.4, 0.5) is 4.39 Å². The zero-order chi connectivity index (χ0) is 20.9. The van der Waals surface area contributed by atoms with Gasteiger partial charge in [-0.05, 0) is 48.7 Å². The summed E-state index contributed by atoms with van der Waals surface area (Å²) in [6.45, 7) is 6.99. The number of aliphatic hydroxyl groups excluding tert-OH is 1. The second-order valence-electron chi connectivity index (χ2n) is 8.07. The minimum Gasteiger partial charge on any atom is -0.396 e. The van der Waals surface area contributed by atoms with Crippen molar-refractivity contribution in [2.45, 2.75) is 32.5 Å². The van der Waals surface area contributed by atoms with Gasteiger partial charge in [0.15, 0.2) is 0 Å². The Balaban J connectivity index is 1.39. The molecule has 30 heavy (non-hydrogen) atoms. The first-order chi connectivity index (χ1) is 14.6. The van der Waals surface area contributed by atoms with Crippen LogP contribution in [0.5, 0.6) is 0 Å². The molecule has 6 heteroatoms. The Kier molecular flexibility index (Phi) is 6.57. The third-order valence-electron chi connectivity index (χ3n) is 5.92. The summed E-state index contributed by atoms with van der Waals surface area (Å²) in [5.41, 5.74) is 4.66. The molecule has 1 saturated heterocycles. The van der Waals surface area contributed by atoms with Crippen molar-refractivity contribution in [2.75, 3.05) is 26.2 Å².